The first-order valence-corrected chi connectivity index (χ1v) is 3.63. The highest BCUT2D eigenvalue weighted by Crippen LogP contribution is 2.10. The van der Waals surface area contributed by atoms with E-state index in [-0.39, 0.29) is 11.8 Å². The van der Waals surface area contributed by atoms with Gasteiger partial charge >= 0.3 is 0 Å². The second kappa shape index (κ2) is 3.77. The van der Waals surface area contributed by atoms with Crippen molar-refractivity contribution in [1.29, 1.82) is 0 Å². The van der Waals surface area contributed by atoms with Crippen LogP contribution in [0.2, 0.25) is 0 Å². The number of nitrogens with two attached hydrogens (primary N) is 1. The van der Waals surface area contributed by atoms with E-state index in [1.165, 1.54) is 0 Å². The Hall–Kier alpha value is -0.180. The second-order valence-electron chi connectivity index (χ2n) is 2.44. The van der Waals surface area contributed by atoms with E-state index in [0.717, 1.165) is 0 Å². The molecule has 9 heavy (non-hydrogen) atoms. The molecule has 0 aliphatic rings. The predicted octanol–water partition coefficient (Wildman–Crippen LogP) is 0.674. The maximum absolute atomic E-state index is 10.5. The summed E-state index contributed by atoms with van der Waals surface area (Å²) >= 11 is 3.99. The van der Waals surface area contributed by atoms with Crippen molar-refractivity contribution >= 4 is 18.5 Å². The first kappa shape index (κ1) is 8.82. The van der Waals surface area contributed by atoms with Gasteiger partial charge in [0, 0.05) is 11.7 Å². The Morgan fingerprint density at radius 1 is 1.67 bits per heavy atom. The highest BCUT2D eigenvalue weighted by atomic mass is 32.1. The molecule has 0 aliphatic heterocycles. The molecular formula is C6H13NOS. The minimum Gasteiger partial charge on any atom is -0.369 e. The summed E-state index contributed by atoms with van der Waals surface area (Å²) in [5.74, 6) is 0.529. The van der Waals surface area contributed by atoms with Crippen LogP contribution in [-0.4, -0.2) is 11.7 Å². The second-order valence-corrected chi connectivity index (χ2v) is 2.80. The Morgan fingerprint density at radius 2 is 2.11 bits per heavy atom. The molecule has 0 aliphatic carbocycles. The van der Waals surface area contributed by atoms with Crippen LogP contribution in [0.25, 0.3) is 0 Å². The van der Waals surface area contributed by atoms with E-state index in [9.17, 15) is 4.79 Å². The number of rotatable bonds is 3. The summed E-state index contributed by atoms with van der Waals surface area (Å²) in [6, 6.07) is 0. The fourth-order valence-electron chi connectivity index (χ4n) is 0.629. The van der Waals surface area contributed by atoms with E-state index in [1.807, 2.05) is 13.8 Å². The minimum absolute atomic E-state index is 0.0756. The van der Waals surface area contributed by atoms with E-state index in [0.29, 0.717) is 11.7 Å². The van der Waals surface area contributed by atoms with Gasteiger partial charge in [-0.1, -0.05) is 13.8 Å². The van der Waals surface area contributed by atoms with Gasteiger partial charge in [-0.15, -0.1) is 0 Å². The van der Waals surface area contributed by atoms with Crippen molar-refractivity contribution in [3.63, 3.8) is 0 Å². The molecule has 1 atom stereocenters. The summed E-state index contributed by atoms with van der Waals surface area (Å²) in [6.45, 7) is 3.93. The van der Waals surface area contributed by atoms with E-state index >= 15 is 0 Å². The van der Waals surface area contributed by atoms with Gasteiger partial charge in [-0.05, 0) is 5.92 Å². The lowest BCUT2D eigenvalue weighted by atomic mass is 9.98. The third-order valence-electron chi connectivity index (χ3n) is 1.37. The standard InChI is InChI=1S/C6H13NOS/c1-4(2)5(3-9)6(7)8/h4-5,9H,3H2,1-2H3,(H2,7,8). The quantitative estimate of drug-likeness (QED) is 0.566. The Bertz CT molecular complexity index is 103. The molecule has 0 saturated heterocycles. The van der Waals surface area contributed by atoms with E-state index in [2.05, 4.69) is 12.6 Å². The average molecular weight is 147 g/mol. The summed E-state index contributed by atoms with van der Waals surface area (Å²) in [7, 11) is 0. The summed E-state index contributed by atoms with van der Waals surface area (Å²) in [5, 5.41) is 0. The molecule has 0 fully saturated rings. The molecular weight excluding hydrogens is 134 g/mol. The van der Waals surface area contributed by atoms with Crippen molar-refractivity contribution in [1.82, 2.24) is 0 Å². The Labute approximate surface area is 61.2 Å². The molecule has 54 valence electrons. The van der Waals surface area contributed by atoms with Crippen LogP contribution in [0.5, 0.6) is 0 Å². The zero-order chi connectivity index (χ0) is 7.44. The van der Waals surface area contributed by atoms with Crippen LogP contribution < -0.4 is 5.73 Å². The van der Waals surface area contributed by atoms with Crippen LogP contribution in [0, 0.1) is 11.8 Å². The van der Waals surface area contributed by atoms with Crippen LogP contribution in [0.4, 0.5) is 0 Å². The molecule has 0 heterocycles. The summed E-state index contributed by atoms with van der Waals surface area (Å²) in [4.78, 5) is 10.5. The molecule has 0 bridgehead atoms. The van der Waals surface area contributed by atoms with E-state index in [1.54, 1.807) is 0 Å². The number of thiol groups is 1. The number of carbonyl (C=O) groups excluding carboxylic acids is 1. The maximum Gasteiger partial charge on any atom is 0.221 e. The number of amides is 1. The van der Waals surface area contributed by atoms with E-state index in [4.69, 9.17) is 5.73 Å². The lowest BCUT2D eigenvalue weighted by Gasteiger charge is -2.12. The summed E-state index contributed by atoms with van der Waals surface area (Å²) in [5.41, 5.74) is 5.06. The Balaban J connectivity index is 3.83. The van der Waals surface area contributed by atoms with Gasteiger partial charge in [-0.2, -0.15) is 12.6 Å². The Morgan fingerprint density at radius 3 is 2.11 bits per heavy atom. The monoisotopic (exact) mass is 147 g/mol. The van der Waals surface area contributed by atoms with E-state index < -0.39 is 0 Å². The van der Waals surface area contributed by atoms with Crippen LogP contribution >= 0.6 is 12.6 Å². The van der Waals surface area contributed by atoms with Gasteiger partial charge in [-0.25, -0.2) is 0 Å². The lowest BCUT2D eigenvalue weighted by Crippen LogP contribution is -2.28. The molecule has 2 nitrogen and oxygen atoms in total. The van der Waals surface area contributed by atoms with Gasteiger partial charge in [0.2, 0.25) is 5.91 Å². The largest absolute Gasteiger partial charge is 0.369 e. The number of hydrogen-bond acceptors (Lipinski definition) is 2. The molecule has 1 unspecified atom stereocenters. The third-order valence-corrected chi connectivity index (χ3v) is 1.76. The van der Waals surface area contributed by atoms with Gasteiger partial charge < -0.3 is 5.73 Å². The van der Waals surface area contributed by atoms with Crippen LogP contribution in [0.1, 0.15) is 13.8 Å². The number of hydrogen-bond donors (Lipinski definition) is 2. The highest BCUT2D eigenvalue weighted by Gasteiger charge is 2.16. The Kier molecular flexibility index (Phi) is 3.70. The van der Waals surface area contributed by atoms with Gasteiger partial charge in [0.05, 0.1) is 0 Å². The smallest absolute Gasteiger partial charge is 0.221 e. The SMILES string of the molecule is CC(C)C(CS)C(N)=O. The molecule has 2 N–H and O–H groups in total. The maximum atomic E-state index is 10.5. The zero-order valence-electron chi connectivity index (χ0n) is 5.79. The molecule has 1 amide bonds. The fourth-order valence-corrected chi connectivity index (χ4v) is 1.23. The molecule has 0 saturated carbocycles. The van der Waals surface area contributed by atoms with Gasteiger partial charge in [0.15, 0.2) is 0 Å². The third kappa shape index (κ3) is 2.75. The summed E-state index contributed by atoms with van der Waals surface area (Å²) < 4.78 is 0. The van der Waals surface area contributed by atoms with Crippen molar-refractivity contribution in [2.75, 3.05) is 5.75 Å². The molecule has 0 rings (SSSR count). The number of primary amides is 1. The van der Waals surface area contributed by atoms with Gasteiger partial charge in [0.1, 0.15) is 0 Å². The molecule has 0 radical (unpaired) electrons. The van der Waals surface area contributed by atoms with Crippen molar-refractivity contribution in [3.05, 3.63) is 0 Å². The van der Waals surface area contributed by atoms with Crippen molar-refractivity contribution in [2.45, 2.75) is 13.8 Å². The predicted molar refractivity (Wildman–Crippen MR) is 41.4 cm³/mol. The van der Waals surface area contributed by atoms with Crippen molar-refractivity contribution < 1.29 is 4.79 Å². The van der Waals surface area contributed by atoms with Crippen LogP contribution in [0.15, 0.2) is 0 Å². The minimum atomic E-state index is -0.250. The topological polar surface area (TPSA) is 43.1 Å². The van der Waals surface area contributed by atoms with Gasteiger partial charge in [0.25, 0.3) is 0 Å². The lowest BCUT2D eigenvalue weighted by molar-refractivity contribution is -0.122. The number of carbonyl (C=O) groups is 1. The molecule has 3 heteroatoms. The first-order chi connectivity index (χ1) is 4.09. The molecule has 0 spiro atoms. The molecule has 0 aromatic rings. The van der Waals surface area contributed by atoms with Crippen LogP contribution in [0.3, 0.4) is 0 Å². The molecule has 0 aromatic heterocycles. The molecule has 0 aromatic carbocycles. The first-order valence-electron chi connectivity index (χ1n) is 2.99. The fraction of sp³-hybridized carbons (Fsp3) is 0.833. The van der Waals surface area contributed by atoms with Crippen molar-refractivity contribution in [3.8, 4) is 0 Å². The van der Waals surface area contributed by atoms with Crippen molar-refractivity contribution in [2.24, 2.45) is 17.6 Å². The summed E-state index contributed by atoms with van der Waals surface area (Å²) in [6.07, 6.45) is 0. The van der Waals surface area contributed by atoms with Gasteiger partial charge in [-0.3, -0.25) is 4.79 Å². The normalized spacial score (nSPS) is 13.8. The average Bonchev–Trinajstić information content (AvgIpc) is 1.64. The van der Waals surface area contributed by atoms with Crippen LogP contribution in [-0.2, 0) is 4.79 Å². The highest BCUT2D eigenvalue weighted by molar-refractivity contribution is 7.80. The zero-order valence-corrected chi connectivity index (χ0v) is 6.69.